The smallest absolute Gasteiger partial charge is 0.253 e. The second-order valence-corrected chi connectivity index (χ2v) is 5.70. The highest BCUT2D eigenvalue weighted by Crippen LogP contribution is 2.24. The molecule has 92 valence electrons. The summed E-state index contributed by atoms with van der Waals surface area (Å²) in [5.74, 6) is 1.13. The molecule has 5 heteroatoms. The van der Waals surface area contributed by atoms with E-state index in [1.165, 1.54) is 6.07 Å². The van der Waals surface area contributed by atoms with Gasteiger partial charge >= 0.3 is 0 Å². The fourth-order valence-electron chi connectivity index (χ4n) is 1.97. The number of alkyl halides is 1. The van der Waals surface area contributed by atoms with E-state index in [2.05, 4.69) is 0 Å². The zero-order chi connectivity index (χ0) is 12.4. The highest BCUT2D eigenvalue weighted by atomic mass is 127. The van der Waals surface area contributed by atoms with Crippen LogP contribution in [-0.4, -0.2) is 34.9 Å². The number of likely N-dealkylation sites (tertiary alicyclic amines) is 1. The van der Waals surface area contributed by atoms with Crippen LogP contribution in [0.1, 0.15) is 16.8 Å². The molecule has 3 nitrogen and oxygen atoms in total. The predicted octanol–water partition coefficient (Wildman–Crippen LogP) is 2.70. The first-order valence-electron chi connectivity index (χ1n) is 5.45. The molecule has 1 saturated heterocycles. The number of benzene rings is 1. The topological polar surface area (TPSA) is 40.5 Å². The summed E-state index contributed by atoms with van der Waals surface area (Å²) in [7, 11) is 0. The molecular weight excluding hydrogens is 352 g/mol. The van der Waals surface area contributed by atoms with Gasteiger partial charge in [0.2, 0.25) is 0 Å². The minimum atomic E-state index is -0.0238. The van der Waals surface area contributed by atoms with Crippen molar-refractivity contribution in [3.05, 3.63) is 27.3 Å². The monoisotopic (exact) mass is 365 g/mol. The Kier molecular flexibility index (Phi) is 4.14. The van der Waals surface area contributed by atoms with Crippen molar-refractivity contribution in [2.24, 2.45) is 5.92 Å². The summed E-state index contributed by atoms with van der Waals surface area (Å²) in [4.78, 5) is 13.9. The van der Waals surface area contributed by atoms with Crippen molar-refractivity contribution in [2.45, 2.75) is 6.42 Å². The maximum atomic E-state index is 12.1. The Hall–Kier alpha value is -0.490. The molecule has 1 heterocycles. The summed E-state index contributed by atoms with van der Waals surface area (Å²) in [6, 6.07) is 5.02. The molecule has 0 aliphatic carbocycles. The fourth-order valence-corrected chi connectivity index (χ4v) is 2.56. The Morgan fingerprint density at radius 1 is 1.59 bits per heavy atom. The van der Waals surface area contributed by atoms with E-state index in [0.717, 1.165) is 23.1 Å². The molecule has 0 bridgehead atoms. The van der Waals surface area contributed by atoms with E-state index in [9.17, 15) is 9.90 Å². The lowest BCUT2D eigenvalue weighted by atomic mass is 10.1. The number of phenols is 1. The highest BCUT2D eigenvalue weighted by molar-refractivity contribution is 14.1. The zero-order valence-electron chi connectivity index (χ0n) is 9.20. The van der Waals surface area contributed by atoms with Crippen molar-refractivity contribution < 1.29 is 9.90 Å². The van der Waals surface area contributed by atoms with Crippen LogP contribution in [0.4, 0.5) is 0 Å². The first kappa shape index (κ1) is 13.0. The highest BCUT2D eigenvalue weighted by Gasteiger charge is 2.26. The molecule has 1 N–H and O–H groups in total. The first-order valence-corrected chi connectivity index (χ1v) is 7.07. The van der Waals surface area contributed by atoms with Crippen molar-refractivity contribution in [3.8, 4) is 5.75 Å². The Morgan fingerprint density at radius 2 is 2.35 bits per heavy atom. The van der Waals surface area contributed by atoms with E-state index >= 15 is 0 Å². The van der Waals surface area contributed by atoms with Gasteiger partial charge in [-0.05, 0) is 53.1 Å². The van der Waals surface area contributed by atoms with Gasteiger partial charge < -0.3 is 10.0 Å². The number of carbonyl (C=O) groups is 1. The van der Waals surface area contributed by atoms with Gasteiger partial charge in [-0.25, -0.2) is 0 Å². The molecule has 1 aliphatic rings. The van der Waals surface area contributed by atoms with Gasteiger partial charge in [0.05, 0.1) is 3.57 Å². The van der Waals surface area contributed by atoms with Gasteiger partial charge in [-0.2, -0.15) is 0 Å². The van der Waals surface area contributed by atoms with Gasteiger partial charge in [0.1, 0.15) is 5.75 Å². The van der Waals surface area contributed by atoms with Crippen LogP contribution < -0.4 is 0 Å². The second-order valence-electron chi connectivity index (χ2n) is 4.23. The van der Waals surface area contributed by atoms with E-state index < -0.39 is 0 Å². The molecule has 1 unspecified atom stereocenters. The van der Waals surface area contributed by atoms with E-state index in [1.807, 2.05) is 22.6 Å². The quantitative estimate of drug-likeness (QED) is 0.647. The minimum absolute atomic E-state index is 0.0238. The molecule has 1 aliphatic heterocycles. The molecule has 1 amide bonds. The summed E-state index contributed by atoms with van der Waals surface area (Å²) in [5.41, 5.74) is 0.540. The molecule has 1 atom stereocenters. The zero-order valence-corrected chi connectivity index (χ0v) is 12.1. The van der Waals surface area contributed by atoms with Crippen LogP contribution in [-0.2, 0) is 0 Å². The van der Waals surface area contributed by atoms with Crippen molar-refractivity contribution >= 4 is 40.1 Å². The molecule has 2 rings (SSSR count). The van der Waals surface area contributed by atoms with E-state index in [4.69, 9.17) is 11.6 Å². The number of aromatic hydroxyl groups is 1. The number of rotatable bonds is 2. The Morgan fingerprint density at radius 3 is 2.94 bits per heavy atom. The third-order valence-electron chi connectivity index (χ3n) is 2.98. The van der Waals surface area contributed by atoms with Gasteiger partial charge in [-0.1, -0.05) is 0 Å². The predicted molar refractivity (Wildman–Crippen MR) is 75.6 cm³/mol. The lowest BCUT2D eigenvalue weighted by Crippen LogP contribution is -2.28. The van der Waals surface area contributed by atoms with Crippen molar-refractivity contribution in [1.82, 2.24) is 4.90 Å². The van der Waals surface area contributed by atoms with Crippen LogP contribution >= 0.6 is 34.2 Å². The van der Waals surface area contributed by atoms with Crippen LogP contribution in [0, 0.1) is 9.49 Å². The number of amides is 1. The largest absolute Gasteiger partial charge is 0.507 e. The summed E-state index contributed by atoms with van der Waals surface area (Å²) >= 11 is 7.82. The maximum Gasteiger partial charge on any atom is 0.253 e. The van der Waals surface area contributed by atoms with E-state index in [1.54, 1.807) is 17.0 Å². The van der Waals surface area contributed by atoms with Crippen molar-refractivity contribution in [3.63, 3.8) is 0 Å². The molecule has 1 aromatic rings. The van der Waals surface area contributed by atoms with Gasteiger partial charge in [-0.3, -0.25) is 4.79 Å². The van der Waals surface area contributed by atoms with Crippen LogP contribution in [0.5, 0.6) is 5.75 Å². The lowest BCUT2D eigenvalue weighted by molar-refractivity contribution is 0.0788. The Bertz CT molecular complexity index is 439. The molecular formula is C12H13ClINO2. The average molecular weight is 366 g/mol. The van der Waals surface area contributed by atoms with Gasteiger partial charge in [0.15, 0.2) is 0 Å². The van der Waals surface area contributed by atoms with Gasteiger partial charge in [-0.15, -0.1) is 11.6 Å². The second kappa shape index (κ2) is 5.44. The third-order valence-corrected chi connectivity index (χ3v) is 4.33. The Balaban J connectivity index is 2.12. The number of hydrogen-bond donors (Lipinski definition) is 1. The molecule has 0 spiro atoms. The molecule has 1 fully saturated rings. The van der Waals surface area contributed by atoms with E-state index in [0.29, 0.717) is 17.4 Å². The number of phenolic OH excluding ortho intramolecular Hbond substituents is 1. The maximum absolute atomic E-state index is 12.1. The lowest BCUT2D eigenvalue weighted by Gasteiger charge is -2.16. The average Bonchev–Trinajstić information content (AvgIpc) is 2.80. The number of halogens is 2. The molecule has 1 aromatic carbocycles. The number of hydrogen-bond acceptors (Lipinski definition) is 2. The number of nitrogens with zero attached hydrogens (tertiary/aromatic N) is 1. The fraction of sp³-hybridized carbons (Fsp3) is 0.417. The van der Waals surface area contributed by atoms with Gasteiger partial charge in [0, 0.05) is 24.5 Å². The summed E-state index contributed by atoms with van der Waals surface area (Å²) < 4.78 is 0.749. The molecule has 0 aromatic heterocycles. The number of carbonyl (C=O) groups excluding carboxylic acids is 1. The van der Waals surface area contributed by atoms with Crippen LogP contribution in [0.3, 0.4) is 0 Å². The van der Waals surface area contributed by atoms with Crippen LogP contribution in [0.2, 0.25) is 0 Å². The SMILES string of the molecule is O=C(c1ccc(I)c(O)c1)N1CCC(CCl)C1. The summed E-state index contributed by atoms with van der Waals surface area (Å²) in [6.07, 6.45) is 0.964. The van der Waals surface area contributed by atoms with E-state index in [-0.39, 0.29) is 11.7 Å². The molecule has 17 heavy (non-hydrogen) atoms. The summed E-state index contributed by atoms with van der Waals surface area (Å²) in [5, 5.41) is 9.59. The van der Waals surface area contributed by atoms with Gasteiger partial charge in [0.25, 0.3) is 5.91 Å². The van der Waals surface area contributed by atoms with Crippen LogP contribution in [0.15, 0.2) is 18.2 Å². The minimum Gasteiger partial charge on any atom is -0.507 e. The summed E-state index contributed by atoms with van der Waals surface area (Å²) in [6.45, 7) is 1.47. The standard InChI is InChI=1S/C12H13ClINO2/c13-6-8-3-4-15(7-8)12(17)9-1-2-10(14)11(16)5-9/h1-2,5,8,16H,3-4,6-7H2. The molecule has 0 saturated carbocycles. The van der Waals surface area contributed by atoms with Crippen molar-refractivity contribution in [2.75, 3.05) is 19.0 Å². The normalized spacial score (nSPS) is 19.6. The third kappa shape index (κ3) is 2.85. The molecule has 0 radical (unpaired) electrons. The van der Waals surface area contributed by atoms with Crippen molar-refractivity contribution in [1.29, 1.82) is 0 Å². The first-order chi connectivity index (χ1) is 8.11. The Labute approximate surface area is 119 Å². The van der Waals surface area contributed by atoms with Crippen LogP contribution in [0.25, 0.3) is 0 Å².